The van der Waals surface area contributed by atoms with E-state index in [-0.39, 0.29) is 17.4 Å². The summed E-state index contributed by atoms with van der Waals surface area (Å²) >= 11 is 2.01. The van der Waals surface area contributed by atoms with Crippen molar-refractivity contribution in [1.29, 1.82) is 0 Å². The third-order valence-corrected chi connectivity index (χ3v) is 7.48. The first-order chi connectivity index (χ1) is 12.2. The van der Waals surface area contributed by atoms with E-state index in [0.717, 1.165) is 38.9 Å². The van der Waals surface area contributed by atoms with Crippen LogP contribution in [0.5, 0.6) is 0 Å². The van der Waals surface area contributed by atoms with Gasteiger partial charge in [0.25, 0.3) is 0 Å². The number of nitrogens with zero attached hydrogens (tertiary/aromatic N) is 1. The number of carbonyl (C=O) groups is 1. The van der Waals surface area contributed by atoms with Crippen LogP contribution in [-0.2, 0) is 9.53 Å². The summed E-state index contributed by atoms with van der Waals surface area (Å²) in [6, 6.07) is 6.85. The first-order valence-corrected chi connectivity index (χ1v) is 10.5. The predicted octanol–water partition coefficient (Wildman–Crippen LogP) is 3.41. The molecule has 0 bridgehead atoms. The zero-order valence-corrected chi connectivity index (χ0v) is 16.0. The SMILES string of the molecule is COC(=O)C(C)CC[C@]12CCNC[C@H]1c1cccc3c1N2CCCS3. The number of hydrogen-bond donors (Lipinski definition) is 1. The van der Waals surface area contributed by atoms with Crippen LogP contribution >= 0.6 is 11.8 Å². The third kappa shape index (κ3) is 2.76. The minimum atomic E-state index is -0.0792. The van der Waals surface area contributed by atoms with E-state index < -0.39 is 0 Å². The minimum Gasteiger partial charge on any atom is -0.469 e. The van der Waals surface area contributed by atoms with E-state index in [0.29, 0.717) is 5.92 Å². The third-order valence-electron chi connectivity index (χ3n) is 6.34. The molecule has 0 aromatic heterocycles. The molecule has 4 rings (SSSR count). The van der Waals surface area contributed by atoms with Crippen LogP contribution < -0.4 is 10.2 Å². The van der Waals surface area contributed by atoms with Crippen molar-refractivity contribution < 1.29 is 9.53 Å². The molecule has 1 saturated heterocycles. The van der Waals surface area contributed by atoms with Gasteiger partial charge in [-0.3, -0.25) is 4.79 Å². The highest BCUT2D eigenvalue weighted by molar-refractivity contribution is 7.99. The second kappa shape index (κ2) is 6.84. The second-order valence-electron chi connectivity index (χ2n) is 7.62. The predicted molar refractivity (Wildman–Crippen MR) is 103 cm³/mol. The molecule has 1 aromatic rings. The van der Waals surface area contributed by atoms with Gasteiger partial charge in [-0.1, -0.05) is 19.1 Å². The Morgan fingerprint density at radius 1 is 1.52 bits per heavy atom. The minimum absolute atomic E-state index is 0.0283. The number of carbonyl (C=O) groups excluding carboxylic acids is 1. The number of fused-ring (bicyclic) bond motifs is 3. The van der Waals surface area contributed by atoms with Gasteiger partial charge >= 0.3 is 5.97 Å². The summed E-state index contributed by atoms with van der Waals surface area (Å²) in [5.41, 5.74) is 3.17. The van der Waals surface area contributed by atoms with E-state index in [1.54, 1.807) is 0 Å². The molecule has 25 heavy (non-hydrogen) atoms. The normalized spacial score (nSPS) is 28.7. The first kappa shape index (κ1) is 17.2. The largest absolute Gasteiger partial charge is 0.469 e. The van der Waals surface area contributed by atoms with Gasteiger partial charge in [0.05, 0.1) is 18.7 Å². The molecular formula is C20H28N2O2S. The zero-order chi connectivity index (χ0) is 17.4. The number of thioether (sulfide) groups is 1. The zero-order valence-electron chi connectivity index (χ0n) is 15.2. The molecule has 136 valence electrons. The number of rotatable bonds is 4. The van der Waals surface area contributed by atoms with E-state index >= 15 is 0 Å². The maximum absolute atomic E-state index is 11.9. The molecule has 1 aromatic carbocycles. The van der Waals surface area contributed by atoms with Crippen LogP contribution in [0.2, 0.25) is 0 Å². The second-order valence-corrected chi connectivity index (χ2v) is 8.76. The fraction of sp³-hybridized carbons (Fsp3) is 0.650. The first-order valence-electron chi connectivity index (χ1n) is 9.49. The summed E-state index contributed by atoms with van der Waals surface area (Å²) in [5.74, 6) is 1.62. The molecule has 5 heteroatoms. The van der Waals surface area contributed by atoms with Gasteiger partial charge < -0.3 is 15.0 Å². The number of benzene rings is 1. The number of hydrogen-bond acceptors (Lipinski definition) is 5. The van der Waals surface area contributed by atoms with Crippen LogP contribution in [0.1, 0.15) is 44.1 Å². The molecule has 1 fully saturated rings. The summed E-state index contributed by atoms with van der Waals surface area (Å²) in [4.78, 5) is 16.1. The smallest absolute Gasteiger partial charge is 0.308 e. The van der Waals surface area contributed by atoms with Crippen LogP contribution in [0, 0.1) is 5.92 Å². The van der Waals surface area contributed by atoms with Crippen molar-refractivity contribution in [2.75, 3.05) is 37.4 Å². The lowest BCUT2D eigenvalue weighted by molar-refractivity contribution is -0.145. The molecule has 0 amide bonds. The fourth-order valence-corrected chi connectivity index (χ4v) is 6.08. The highest BCUT2D eigenvalue weighted by atomic mass is 32.2. The summed E-state index contributed by atoms with van der Waals surface area (Å²) in [6.45, 7) is 5.25. The Bertz CT molecular complexity index is 665. The number of para-hydroxylation sites is 1. The molecule has 4 nitrogen and oxygen atoms in total. The van der Waals surface area contributed by atoms with Gasteiger partial charge in [0.2, 0.25) is 0 Å². The van der Waals surface area contributed by atoms with Crippen molar-refractivity contribution >= 4 is 23.4 Å². The van der Waals surface area contributed by atoms with Crippen LogP contribution in [-0.4, -0.2) is 44.0 Å². The molecule has 3 aliphatic heterocycles. The molecule has 1 unspecified atom stereocenters. The van der Waals surface area contributed by atoms with E-state index in [1.165, 1.54) is 35.4 Å². The van der Waals surface area contributed by atoms with Crippen LogP contribution in [0.3, 0.4) is 0 Å². The number of anilines is 1. The summed E-state index contributed by atoms with van der Waals surface area (Å²) < 4.78 is 4.96. The van der Waals surface area contributed by atoms with Crippen molar-refractivity contribution in [2.24, 2.45) is 5.92 Å². The standard InChI is InChI=1S/C20H28N2O2S/c1-14(19(23)24-2)7-8-20-9-10-21-13-16(20)15-5-3-6-17-18(15)22(20)11-4-12-25-17/h3,5-6,14,16,21H,4,7-13H2,1-2H3/t14?,16-,20-/m0/s1. The van der Waals surface area contributed by atoms with Crippen molar-refractivity contribution in [3.63, 3.8) is 0 Å². The lowest BCUT2D eigenvalue weighted by Crippen LogP contribution is -2.56. The van der Waals surface area contributed by atoms with E-state index in [9.17, 15) is 4.79 Å². The average Bonchev–Trinajstić information content (AvgIpc) is 2.77. The molecular weight excluding hydrogens is 332 g/mol. The maximum Gasteiger partial charge on any atom is 0.308 e. The number of methoxy groups -OCH3 is 1. The Morgan fingerprint density at radius 2 is 2.40 bits per heavy atom. The Balaban J connectivity index is 1.69. The van der Waals surface area contributed by atoms with Gasteiger partial charge in [0.1, 0.15) is 0 Å². The average molecular weight is 361 g/mol. The number of ether oxygens (including phenoxy) is 1. The van der Waals surface area contributed by atoms with Crippen LogP contribution in [0.25, 0.3) is 0 Å². The molecule has 0 spiro atoms. The monoisotopic (exact) mass is 360 g/mol. The van der Waals surface area contributed by atoms with Crippen LogP contribution in [0.4, 0.5) is 5.69 Å². The van der Waals surface area contributed by atoms with Gasteiger partial charge in [-0.2, -0.15) is 0 Å². The van der Waals surface area contributed by atoms with Gasteiger partial charge in [-0.05, 0) is 49.6 Å². The lowest BCUT2D eigenvalue weighted by Gasteiger charge is -2.47. The quantitative estimate of drug-likeness (QED) is 0.834. The van der Waals surface area contributed by atoms with E-state index in [4.69, 9.17) is 4.74 Å². The molecule has 0 radical (unpaired) electrons. The summed E-state index contributed by atoms with van der Waals surface area (Å²) in [7, 11) is 1.49. The number of esters is 1. The molecule has 0 saturated carbocycles. The van der Waals surface area contributed by atoms with Crippen LogP contribution in [0.15, 0.2) is 23.1 Å². The number of nitrogens with one attached hydrogen (secondary N) is 1. The Labute approximate surface area is 154 Å². The molecule has 3 aliphatic rings. The van der Waals surface area contributed by atoms with Gasteiger partial charge in [0, 0.05) is 29.4 Å². The highest BCUT2D eigenvalue weighted by Crippen LogP contribution is 2.56. The topological polar surface area (TPSA) is 41.6 Å². The maximum atomic E-state index is 11.9. The fourth-order valence-electron chi connectivity index (χ4n) is 5.05. The van der Waals surface area contributed by atoms with Crippen molar-refractivity contribution in [3.8, 4) is 0 Å². The van der Waals surface area contributed by atoms with Crippen molar-refractivity contribution in [3.05, 3.63) is 23.8 Å². The molecule has 0 aliphatic carbocycles. The van der Waals surface area contributed by atoms with Crippen molar-refractivity contribution in [1.82, 2.24) is 5.32 Å². The molecule has 3 heterocycles. The highest BCUT2D eigenvalue weighted by Gasteiger charge is 2.53. The molecule has 3 atom stereocenters. The summed E-state index contributed by atoms with van der Waals surface area (Å²) in [6.07, 6.45) is 4.35. The Hall–Kier alpha value is -1.20. The van der Waals surface area contributed by atoms with E-state index in [2.05, 4.69) is 28.4 Å². The lowest BCUT2D eigenvalue weighted by atomic mass is 9.73. The Kier molecular flexibility index (Phi) is 4.71. The summed E-state index contributed by atoms with van der Waals surface area (Å²) in [5, 5.41) is 3.62. The Morgan fingerprint density at radius 3 is 3.24 bits per heavy atom. The van der Waals surface area contributed by atoms with Gasteiger partial charge in [-0.25, -0.2) is 0 Å². The van der Waals surface area contributed by atoms with Gasteiger partial charge in [0.15, 0.2) is 0 Å². The van der Waals surface area contributed by atoms with E-state index in [1.807, 2.05) is 18.7 Å². The number of piperidine rings is 1. The molecule has 1 N–H and O–H groups in total. The van der Waals surface area contributed by atoms with Crippen molar-refractivity contribution in [2.45, 2.75) is 49.0 Å². The van der Waals surface area contributed by atoms with Gasteiger partial charge in [-0.15, -0.1) is 11.8 Å².